The van der Waals surface area contributed by atoms with Gasteiger partial charge in [0.05, 0.1) is 5.69 Å². The molecule has 0 bridgehead atoms. The number of aromatic nitrogens is 1. The average Bonchev–Trinajstić information content (AvgIpc) is 2.95. The molecule has 2 N–H and O–H groups in total. The van der Waals surface area contributed by atoms with E-state index in [-0.39, 0.29) is 24.0 Å². The van der Waals surface area contributed by atoms with Crippen LogP contribution in [0, 0.1) is 19.8 Å². The van der Waals surface area contributed by atoms with Gasteiger partial charge in [-0.15, -0.1) is 24.0 Å². The summed E-state index contributed by atoms with van der Waals surface area (Å²) in [7, 11) is 1.78. The van der Waals surface area contributed by atoms with Crippen LogP contribution < -0.4 is 10.6 Å². The summed E-state index contributed by atoms with van der Waals surface area (Å²) in [5.41, 5.74) is 2.13. The van der Waals surface area contributed by atoms with E-state index in [9.17, 15) is 0 Å². The van der Waals surface area contributed by atoms with Gasteiger partial charge in [-0.25, -0.2) is 0 Å². The summed E-state index contributed by atoms with van der Waals surface area (Å²) in [4.78, 5) is 4.24. The molecule has 0 amide bonds. The second-order valence-corrected chi connectivity index (χ2v) is 6.46. The molecule has 26 heavy (non-hydrogen) atoms. The number of nitrogens with zero attached hydrogens (tertiary/aromatic N) is 2. The highest BCUT2D eigenvalue weighted by molar-refractivity contribution is 14.0. The van der Waals surface area contributed by atoms with Gasteiger partial charge in [0.1, 0.15) is 5.76 Å². The van der Waals surface area contributed by atoms with Gasteiger partial charge in [0.25, 0.3) is 0 Å². The van der Waals surface area contributed by atoms with Crippen LogP contribution in [-0.4, -0.2) is 57.7 Å². The number of rotatable bonds is 9. The first-order valence-corrected chi connectivity index (χ1v) is 9.22. The lowest BCUT2D eigenvalue weighted by Crippen LogP contribution is -2.39. The number of halogens is 1. The highest BCUT2D eigenvalue weighted by Gasteiger charge is 2.13. The second kappa shape index (κ2) is 13.3. The summed E-state index contributed by atoms with van der Waals surface area (Å²) in [5.74, 6) is 2.38. The van der Waals surface area contributed by atoms with Crippen LogP contribution in [0.5, 0.6) is 0 Å². The first-order chi connectivity index (χ1) is 12.2. The van der Waals surface area contributed by atoms with Crippen LogP contribution in [0.15, 0.2) is 9.52 Å². The molecule has 1 saturated heterocycles. The maximum absolute atomic E-state index is 5.77. The molecule has 2 rings (SSSR count). The van der Waals surface area contributed by atoms with E-state index in [1.165, 1.54) is 5.56 Å². The molecule has 0 spiro atoms. The molecule has 1 aliphatic heterocycles. The lowest BCUT2D eigenvalue weighted by Gasteiger charge is -2.21. The van der Waals surface area contributed by atoms with Gasteiger partial charge in [-0.3, -0.25) is 4.99 Å². The number of aryl methyl sites for hydroxylation is 2. The van der Waals surface area contributed by atoms with Crippen molar-refractivity contribution in [2.24, 2.45) is 10.9 Å². The van der Waals surface area contributed by atoms with Crippen molar-refractivity contribution in [2.75, 3.05) is 46.6 Å². The van der Waals surface area contributed by atoms with Crippen molar-refractivity contribution in [1.29, 1.82) is 0 Å². The molecular formula is C18H33IN4O3. The fourth-order valence-corrected chi connectivity index (χ4v) is 2.93. The Hall–Kier alpha value is -0.870. The Morgan fingerprint density at radius 3 is 2.62 bits per heavy atom. The van der Waals surface area contributed by atoms with E-state index in [0.717, 1.165) is 82.6 Å². The standard InChI is InChI=1S/C18H32N4O3.HI/c1-14-17(15(2)25-22-14)5-9-21-18(19-3)20-8-4-10-24-13-16-6-11-23-12-7-16;/h16H,4-13H2,1-3H3,(H2,19,20,21);1H. The van der Waals surface area contributed by atoms with Crippen LogP contribution in [0.3, 0.4) is 0 Å². The topological polar surface area (TPSA) is 80.9 Å². The normalized spacial score (nSPS) is 15.6. The smallest absolute Gasteiger partial charge is 0.190 e. The molecule has 1 aliphatic rings. The molecule has 0 unspecified atom stereocenters. The molecule has 7 nitrogen and oxygen atoms in total. The van der Waals surface area contributed by atoms with Gasteiger partial charge in [-0.2, -0.15) is 0 Å². The zero-order chi connectivity index (χ0) is 17.9. The van der Waals surface area contributed by atoms with Crippen molar-refractivity contribution in [2.45, 2.75) is 39.5 Å². The fraction of sp³-hybridized carbons (Fsp3) is 0.778. The molecule has 1 aromatic heterocycles. The van der Waals surface area contributed by atoms with Crippen LogP contribution in [0.1, 0.15) is 36.3 Å². The van der Waals surface area contributed by atoms with Crippen LogP contribution >= 0.6 is 24.0 Å². The van der Waals surface area contributed by atoms with Crippen molar-refractivity contribution in [3.63, 3.8) is 0 Å². The molecule has 0 saturated carbocycles. The summed E-state index contributed by atoms with van der Waals surface area (Å²) < 4.78 is 16.3. The Bertz CT molecular complexity index is 511. The molecule has 2 heterocycles. The third kappa shape index (κ3) is 8.22. The number of aliphatic imine (C=N–C) groups is 1. The number of hydrogen-bond donors (Lipinski definition) is 2. The first kappa shape index (κ1) is 23.2. The van der Waals surface area contributed by atoms with Crippen LogP contribution in [0.25, 0.3) is 0 Å². The lowest BCUT2D eigenvalue weighted by molar-refractivity contribution is 0.0203. The highest BCUT2D eigenvalue weighted by atomic mass is 127. The maximum atomic E-state index is 5.77. The predicted molar refractivity (Wildman–Crippen MR) is 113 cm³/mol. The molecule has 0 atom stereocenters. The largest absolute Gasteiger partial charge is 0.381 e. The van der Waals surface area contributed by atoms with E-state index < -0.39 is 0 Å². The third-order valence-electron chi connectivity index (χ3n) is 4.52. The number of ether oxygens (including phenoxy) is 2. The first-order valence-electron chi connectivity index (χ1n) is 9.22. The van der Waals surface area contributed by atoms with Gasteiger partial charge in [-0.1, -0.05) is 5.16 Å². The summed E-state index contributed by atoms with van der Waals surface area (Å²) in [6.07, 6.45) is 4.09. The fourth-order valence-electron chi connectivity index (χ4n) is 2.93. The molecule has 8 heteroatoms. The molecule has 0 aliphatic carbocycles. The molecule has 1 fully saturated rings. The Morgan fingerprint density at radius 2 is 1.96 bits per heavy atom. The lowest BCUT2D eigenvalue weighted by atomic mass is 10.0. The van der Waals surface area contributed by atoms with Gasteiger partial charge in [0.15, 0.2) is 5.96 Å². The Morgan fingerprint density at radius 1 is 1.23 bits per heavy atom. The van der Waals surface area contributed by atoms with E-state index in [2.05, 4.69) is 20.8 Å². The zero-order valence-corrected chi connectivity index (χ0v) is 18.5. The van der Waals surface area contributed by atoms with Crippen molar-refractivity contribution in [1.82, 2.24) is 15.8 Å². The maximum Gasteiger partial charge on any atom is 0.190 e. The second-order valence-electron chi connectivity index (χ2n) is 6.46. The van der Waals surface area contributed by atoms with Crippen LogP contribution in [0.4, 0.5) is 0 Å². The van der Waals surface area contributed by atoms with Crippen molar-refractivity contribution in [3.8, 4) is 0 Å². The van der Waals surface area contributed by atoms with Crippen molar-refractivity contribution < 1.29 is 14.0 Å². The van der Waals surface area contributed by atoms with Crippen LogP contribution in [0.2, 0.25) is 0 Å². The molecule has 150 valence electrons. The Balaban J connectivity index is 0.00000338. The average molecular weight is 480 g/mol. The summed E-state index contributed by atoms with van der Waals surface area (Å²) >= 11 is 0. The molecule has 1 aromatic rings. The summed E-state index contributed by atoms with van der Waals surface area (Å²) in [6, 6.07) is 0. The highest BCUT2D eigenvalue weighted by Crippen LogP contribution is 2.14. The minimum absolute atomic E-state index is 0. The number of hydrogen-bond acceptors (Lipinski definition) is 5. The van der Waals surface area contributed by atoms with E-state index in [1.54, 1.807) is 7.05 Å². The van der Waals surface area contributed by atoms with E-state index in [0.29, 0.717) is 5.92 Å². The van der Waals surface area contributed by atoms with E-state index >= 15 is 0 Å². The van der Waals surface area contributed by atoms with E-state index in [1.807, 2.05) is 13.8 Å². The van der Waals surface area contributed by atoms with Gasteiger partial charge in [-0.05, 0) is 45.4 Å². The number of nitrogens with one attached hydrogen (secondary N) is 2. The Labute approximate surface area is 173 Å². The summed E-state index contributed by atoms with van der Waals surface area (Å²) in [5, 5.41) is 10.6. The molecule has 0 aromatic carbocycles. The van der Waals surface area contributed by atoms with Crippen molar-refractivity contribution in [3.05, 3.63) is 17.0 Å². The Kier molecular flexibility index (Phi) is 11.9. The van der Waals surface area contributed by atoms with Gasteiger partial charge in [0, 0.05) is 52.1 Å². The van der Waals surface area contributed by atoms with Gasteiger partial charge >= 0.3 is 0 Å². The minimum Gasteiger partial charge on any atom is -0.381 e. The predicted octanol–water partition coefficient (Wildman–Crippen LogP) is 2.45. The van der Waals surface area contributed by atoms with Gasteiger partial charge < -0.3 is 24.6 Å². The monoisotopic (exact) mass is 480 g/mol. The van der Waals surface area contributed by atoms with Crippen molar-refractivity contribution >= 4 is 29.9 Å². The summed E-state index contributed by atoms with van der Waals surface area (Å²) in [6.45, 7) is 8.95. The number of guanidine groups is 1. The SMILES string of the molecule is CN=C(NCCCOCC1CCOCC1)NCCc1c(C)noc1C.I. The molecular weight excluding hydrogens is 447 g/mol. The third-order valence-corrected chi connectivity index (χ3v) is 4.52. The quantitative estimate of drug-likeness (QED) is 0.245. The minimum atomic E-state index is 0. The molecule has 0 radical (unpaired) electrons. The van der Waals surface area contributed by atoms with E-state index in [4.69, 9.17) is 14.0 Å². The zero-order valence-electron chi connectivity index (χ0n) is 16.2. The van der Waals surface area contributed by atoms with Crippen LogP contribution in [-0.2, 0) is 15.9 Å². The van der Waals surface area contributed by atoms with Gasteiger partial charge in [0.2, 0.25) is 0 Å².